The summed E-state index contributed by atoms with van der Waals surface area (Å²) >= 11 is 0. The summed E-state index contributed by atoms with van der Waals surface area (Å²) in [6, 6.07) is 5.29. The third-order valence-electron chi connectivity index (χ3n) is 3.25. The molecule has 0 aliphatic heterocycles. The summed E-state index contributed by atoms with van der Waals surface area (Å²) in [7, 11) is 3.77. The first kappa shape index (κ1) is 19.0. The van der Waals surface area contributed by atoms with Gasteiger partial charge in [-0.1, -0.05) is 18.1 Å². The molecular formula is C17H19NO6. The lowest BCUT2D eigenvalue weighted by Crippen LogP contribution is -2.50. The van der Waals surface area contributed by atoms with Crippen molar-refractivity contribution in [3.05, 3.63) is 29.8 Å². The average molecular weight is 333 g/mol. The Morgan fingerprint density at radius 3 is 2.04 bits per heavy atom. The number of hydrogen-bond acceptors (Lipinski definition) is 6. The number of benzene rings is 1. The highest BCUT2D eigenvalue weighted by atomic mass is 16.5. The standard InChI is InChI=1S/C17H19NO6/c1-5-6-14(19)18(15(16(20)23-3)17(21)24-4)11-12-7-9-13(22-2)10-8-12/h1,7-10,15H,6,11H2,2-4H3. The van der Waals surface area contributed by atoms with Gasteiger partial charge >= 0.3 is 11.9 Å². The molecule has 0 saturated carbocycles. The summed E-state index contributed by atoms with van der Waals surface area (Å²) in [4.78, 5) is 37.3. The molecule has 1 aromatic rings. The second-order valence-corrected chi connectivity index (χ2v) is 4.70. The van der Waals surface area contributed by atoms with Gasteiger partial charge in [-0.05, 0) is 17.7 Å². The molecule has 0 aliphatic rings. The highest BCUT2D eigenvalue weighted by Gasteiger charge is 2.37. The van der Waals surface area contributed by atoms with Crippen molar-refractivity contribution in [1.82, 2.24) is 4.90 Å². The van der Waals surface area contributed by atoms with Gasteiger partial charge in [0.2, 0.25) is 11.9 Å². The van der Waals surface area contributed by atoms with Crippen LogP contribution in [0, 0.1) is 12.3 Å². The van der Waals surface area contributed by atoms with Gasteiger partial charge in [-0.3, -0.25) is 4.79 Å². The Hall–Kier alpha value is -3.01. The number of rotatable bonds is 7. The van der Waals surface area contributed by atoms with E-state index in [2.05, 4.69) is 15.4 Å². The average Bonchev–Trinajstić information content (AvgIpc) is 2.61. The van der Waals surface area contributed by atoms with E-state index in [0.29, 0.717) is 11.3 Å². The maximum atomic E-state index is 12.3. The van der Waals surface area contributed by atoms with Crippen LogP contribution in [-0.2, 0) is 30.4 Å². The number of carbonyl (C=O) groups is 3. The fourth-order valence-corrected chi connectivity index (χ4v) is 2.01. The van der Waals surface area contributed by atoms with Gasteiger partial charge in [0, 0.05) is 6.54 Å². The number of methoxy groups -OCH3 is 3. The van der Waals surface area contributed by atoms with Crippen LogP contribution in [0.5, 0.6) is 5.75 Å². The molecule has 1 rings (SSSR count). The highest BCUT2D eigenvalue weighted by molar-refractivity contribution is 6.02. The van der Waals surface area contributed by atoms with Crippen molar-refractivity contribution in [3.8, 4) is 18.1 Å². The molecule has 1 amide bonds. The number of amides is 1. The van der Waals surface area contributed by atoms with E-state index >= 15 is 0 Å². The lowest BCUT2D eigenvalue weighted by atomic mass is 10.1. The van der Waals surface area contributed by atoms with E-state index in [0.717, 1.165) is 19.1 Å². The first-order valence-corrected chi connectivity index (χ1v) is 7.00. The second-order valence-electron chi connectivity index (χ2n) is 4.70. The van der Waals surface area contributed by atoms with E-state index in [1.54, 1.807) is 24.3 Å². The number of hydrogen-bond donors (Lipinski definition) is 0. The van der Waals surface area contributed by atoms with Crippen LogP contribution >= 0.6 is 0 Å². The van der Waals surface area contributed by atoms with Gasteiger partial charge in [0.1, 0.15) is 5.75 Å². The van der Waals surface area contributed by atoms with E-state index < -0.39 is 23.9 Å². The largest absolute Gasteiger partial charge is 0.497 e. The first-order chi connectivity index (χ1) is 11.5. The summed E-state index contributed by atoms with van der Waals surface area (Å²) < 4.78 is 14.3. The lowest BCUT2D eigenvalue weighted by molar-refractivity contribution is -0.165. The van der Waals surface area contributed by atoms with Crippen molar-refractivity contribution in [1.29, 1.82) is 0 Å². The predicted molar refractivity (Wildman–Crippen MR) is 84.8 cm³/mol. The van der Waals surface area contributed by atoms with Crippen molar-refractivity contribution in [2.24, 2.45) is 0 Å². The molecule has 0 aromatic heterocycles. The van der Waals surface area contributed by atoms with Gasteiger partial charge in [-0.25, -0.2) is 9.59 Å². The zero-order chi connectivity index (χ0) is 18.1. The predicted octanol–water partition coefficient (Wildman–Crippen LogP) is 0.762. The monoisotopic (exact) mass is 333 g/mol. The molecule has 24 heavy (non-hydrogen) atoms. The Kier molecular flexibility index (Phi) is 7.30. The Bertz CT molecular complexity index is 615. The highest BCUT2D eigenvalue weighted by Crippen LogP contribution is 2.16. The van der Waals surface area contributed by atoms with Crippen LogP contribution in [0.1, 0.15) is 12.0 Å². The molecule has 7 heteroatoms. The van der Waals surface area contributed by atoms with Gasteiger partial charge in [0.15, 0.2) is 0 Å². The number of esters is 2. The Morgan fingerprint density at radius 2 is 1.62 bits per heavy atom. The molecule has 0 atom stereocenters. The van der Waals surface area contributed by atoms with Gasteiger partial charge < -0.3 is 19.1 Å². The van der Waals surface area contributed by atoms with Crippen molar-refractivity contribution in [2.45, 2.75) is 19.0 Å². The molecule has 0 bridgehead atoms. The summed E-state index contributed by atoms with van der Waals surface area (Å²) in [5.74, 6) is 0.477. The molecule has 0 saturated heterocycles. The van der Waals surface area contributed by atoms with Crippen LogP contribution in [0.15, 0.2) is 24.3 Å². The summed E-state index contributed by atoms with van der Waals surface area (Å²) in [6.45, 7) is -0.0145. The van der Waals surface area contributed by atoms with Crippen LogP contribution in [0.3, 0.4) is 0 Å². The minimum Gasteiger partial charge on any atom is -0.497 e. The summed E-state index contributed by atoms with van der Waals surface area (Å²) in [5, 5.41) is 0. The Morgan fingerprint density at radius 1 is 1.08 bits per heavy atom. The molecule has 0 radical (unpaired) electrons. The summed E-state index contributed by atoms with van der Waals surface area (Å²) in [5.41, 5.74) is 0.680. The number of carbonyl (C=O) groups excluding carboxylic acids is 3. The molecule has 0 unspecified atom stereocenters. The molecule has 128 valence electrons. The molecular weight excluding hydrogens is 314 g/mol. The summed E-state index contributed by atoms with van der Waals surface area (Å²) in [6.07, 6.45) is 4.91. The minimum atomic E-state index is -1.53. The molecule has 0 spiro atoms. The third kappa shape index (κ3) is 4.74. The van der Waals surface area contributed by atoms with Gasteiger partial charge in [-0.2, -0.15) is 0 Å². The van der Waals surface area contributed by atoms with E-state index in [1.807, 2.05) is 0 Å². The van der Waals surface area contributed by atoms with E-state index in [-0.39, 0.29) is 13.0 Å². The molecule has 7 nitrogen and oxygen atoms in total. The first-order valence-electron chi connectivity index (χ1n) is 7.00. The molecule has 0 N–H and O–H groups in total. The van der Waals surface area contributed by atoms with Crippen LogP contribution in [0.2, 0.25) is 0 Å². The maximum absolute atomic E-state index is 12.3. The zero-order valence-corrected chi connectivity index (χ0v) is 13.8. The second kappa shape index (κ2) is 9.20. The van der Waals surface area contributed by atoms with Gasteiger partial charge in [0.05, 0.1) is 27.8 Å². The maximum Gasteiger partial charge on any atom is 0.340 e. The van der Waals surface area contributed by atoms with E-state index in [9.17, 15) is 14.4 Å². The molecule has 0 heterocycles. The smallest absolute Gasteiger partial charge is 0.340 e. The SMILES string of the molecule is C#CCC(=O)N(Cc1ccc(OC)cc1)C(C(=O)OC)C(=O)OC. The van der Waals surface area contributed by atoms with E-state index in [4.69, 9.17) is 11.2 Å². The molecule has 0 aliphatic carbocycles. The topological polar surface area (TPSA) is 82.1 Å². The molecule has 1 aromatic carbocycles. The Balaban J connectivity index is 3.17. The Labute approximate surface area is 140 Å². The minimum absolute atomic E-state index is 0.0145. The quantitative estimate of drug-likeness (QED) is 0.416. The van der Waals surface area contributed by atoms with Crippen molar-refractivity contribution in [2.75, 3.05) is 21.3 Å². The molecule has 0 fully saturated rings. The van der Waals surface area contributed by atoms with E-state index in [1.165, 1.54) is 7.11 Å². The van der Waals surface area contributed by atoms with Crippen LogP contribution in [-0.4, -0.2) is 50.1 Å². The van der Waals surface area contributed by atoms with Gasteiger partial charge in [0.25, 0.3) is 0 Å². The number of ether oxygens (including phenoxy) is 3. The fourth-order valence-electron chi connectivity index (χ4n) is 2.01. The third-order valence-corrected chi connectivity index (χ3v) is 3.25. The normalized spacial score (nSPS) is 9.79. The lowest BCUT2D eigenvalue weighted by Gasteiger charge is -2.27. The fraction of sp³-hybridized carbons (Fsp3) is 0.353. The van der Waals surface area contributed by atoms with Crippen molar-refractivity contribution in [3.63, 3.8) is 0 Å². The van der Waals surface area contributed by atoms with Crippen molar-refractivity contribution >= 4 is 17.8 Å². The number of nitrogens with zero attached hydrogens (tertiary/aromatic N) is 1. The zero-order valence-electron chi connectivity index (χ0n) is 13.8. The van der Waals surface area contributed by atoms with Crippen LogP contribution in [0.25, 0.3) is 0 Å². The van der Waals surface area contributed by atoms with Crippen LogP contribution < -0.4 is 4.74 Å². The van der Waals surface area contributed by atoms with Crippen molar-refractivity contribution < 1.29 is 28.6 Å². The number of terminal acetylenes is 1. The van der Waals surface area contributed by atoms with Crippen LogP contribution in [0.4, 0.5) is 0 Å². The van der Waals surface area contributed by atoms with Gasteiger partial charge in [-0.15, -0.1) is 6.42 Å².